The van der Waals surface area contributed by atoms with Gasteiger partial charge in [-0.3, -0.25) is 9.59 Å². The number of nitrogens with one attached hydrogen (secondary N) is 1. The number of anilines is 1. The van der Waals surface area contributed by atoms with E-state index in [1.807, 2.05) is 11.0 Å². The summed E-state index contributed by atoms with van der Waals surface area (Å²) >= 11 is 0. The van der Waals surface area contributed by atoms with E-state index in [0.717, 1.165) is 63.6 Å². The molecule has 2 saturated carbocycles. The predicted molar refractivity (Wildman–Crippen MR) is 103 cm³/mol. The normalized spacial score (nSPS) is 26.4. The van der Waals surface area contributed by atoms with Gasteiger partial charge < -0.3 is 10.2 Å². The van der Waals surface area contributed by atoms with Crippen LogP contribution in [0.15, 0.2) is 24.3 Å². The van der Waals surface area contributed by atoms with Gasteiger partial charge in [-0.15, -0.1) is 0 Å². The van der Waals surface area contributed by atoms with Crippen molar-refractivity contribution >= 4 is 17.5 Å². The zero-order chi connectivity index (χ0) is 17.9. The standard InChI is InChI=1S/C22H30N2O2/c25-21(23-19-8-2-3-9-19)17-11-13-18(14-12-17)22(26)24-15-5-7-16-6-1-4-10-20(16)24/h1,4,6,10,17-19H,2-3,5,7-9,11-15H2,(H,23,25). The van der Waals surface area contributed by atoms with E-state index in [0.29, 0.717) is 6.04 Å². The molecule has 1 aromatic carbocycles. The summed E-state index contributed by atoms with van der Waals surface area (Å²) in [6, 6.07) is 8.69. The number of rotatable bonds is 3. The van der Waals surface area contributed by atoms with Gasteiger partial charge in [0, 0.05) is 30.1 Å². The van der Waals surface area contributed by atoms with Gasteiger partial charge in [0.25, 0.3) is 0 Å². The van der Waals surface area contributed by atoms with Crippen LogP contribution in [0.3, 0.4) is 0 Å². The van der Waals surface area contributed by atoms with Gasteiger partial charge in [-0.2, -0.15) is 0 Å². The number of benzene rings is 1. The first-order valence-corrected chi connectivity index (χ1v) is 10.4. The summed E-state index contributed by atoms with van der Waals surface area (Å²) in [5, 5.41) is 3.23. The molecule has 4 rings (SSSR count). The van der Waals surface area contributed by atoms with Crippen LogP contribution < -0.4 is 10.2 Å². The summed E-state index contributed by atoms with van der Waals surface area (Å²) in [4.78, 5) is 27.6. The molecule has 1 aliphatic heterocycles. The number of fused-ring (bicyclic) bond motifs is 1. The van der Waals surface area contributed by atoms with Gasteiger partial charge in [-0.25, -0.2) is 0 Å². The number of carbonyl (C=O) groups is 2. The summed E-state index contributed by atoms with van der Waals surface area (Å²) in [5.41, 5.74) is 2.39. The van der Waals surface area contributed by atoms with Crippen molar-refractivity contribution in [2.75, 3.05) is 11.4 Å². The Hall–Kier alpha value is -1.84. The van der Waals surface area contributed by atoms with E-state index >= 15 is 0 Å². The Bertz CT molecular complexity index is 658. The predicted octanol–water partition coefficient (Wildman–Crippen LogP) is 3.83. The maximum Gasteiger partial charge on any atom is 0.230 e. The fourth-order valence-corrected chi connectivity index (χ4v) is 4.97. The van der Waals surface area contributed by atoms with Crippen LogP contribution in [-0.2, 0) is 16.0 Å². The average molecular weight is 354 g/mol. The maximum atomic E-state index is 13.1. The number of amides is 2. The summed E-state index contributed by atoms with van der Waals surface area (Å²) in [7, 11) is 0. The van der Waals surface area contributed by atoms with E-state index in [-0.39, 0.29) is 23.7 Å². The second kappa shape index (κ2) is 7.81. The van der Waals surface area contributed by atoms with Crippen LogP contribution in [0.5, 0.6) is 0 Å². The second-order valence-corrected chi connectivity index (χ2v) is 8.26. The zero-order valence-corrected chi connectivity index (χ0v) is 15.6. The van der Waals surface area contributed by atoms with E-state index in [2.05, 4.69) is 23.5 Å². The molecule has 0 aromatic heterocycles. The first-order chi connectivity index (χ1) is 12.7. The Balaban J connectivity index is 1.33. The minimum Gasteiger partial charge on any atom is -0.353 e. The van der Waals surface area contributed by atoms with Crippen LogP contribution in [0.1, 0.15) is 63.4 Å². The lowest BCUT2D eigenvalue weighted by molar-refractivity contribution is -0.129. The number of carbonyl (C=O) groups excluding carboxylic acids is 2. The van der Waals surface area contributed by atoms with Crippen molar-refractivity contribution in [3.05, 3.63) is 29.8 Å². The van der Waals surface area contributed by atoms with Crippen LogP contribution in [0.2, 0.25) is 0 Å². The van der Waals surface area contributed by atoms with Gasteiger partial charge in [-0.1, -0.05) is 31.0 Å². The van der Waals surface area contributed by atoms with Gasteiger partial charge in [0.2, 0.25) is 11.8 Å². The second-order valence-electron chi connectivity index (χ2n) is 8.26. The molecule has 4 heteroatoms. The number of para-hydroxylation sites is 1. The van der Waals surface area contributed by atoms with E-state index in [1.165, 1.54) is 18.4 Å². The SMILES string of the molecule is O=C(NC1CCCC1)C1CCC(C(=O)N2CCCc3ccccc32)CC1. The molecule has 26 heavy (non-hydrogen) atoms. The molecule has 0 radical (unpaired) electrons. The highest BCUT2D eigenvalue weighted by molar-refractivity contribution is 5.96. The van der Waals surface area contributed by atoms with Crippen molar-refractivity contribution in [2.45, 2.75) is 70.3 Å². The van der Waals surface area contributed by atoms with Gasteiger partial charge in [0.15, 0.2) is 0 Å². The average Bonchev–Trinajstić information content (AvgIpc) is 3.20. The van der Waals surface area contributed by atoms with E-state index < -0.39 is 0 Å². The van der Waals surface area contributed by atoms with Gasteiger partial charge in [0.05, 0.1) is 0 Å². The highest BCUT2D eigenvalue weighted by atomic mass is 16.2. The summed E-state index contributed by atoms with van der Waals surface area (Å²) < 4.78 is 0. The number of nitrogens with zero attached hydrogens (tertiary/aromatic N) is 1. The Morgan fingerprint density at radius 1 is 0.885 bits per heavy atom. The fourth-order valence-electron chi connectivity index (χ4n) is 4.97. The fraction of sp³-hybridized carbons (Fsp3) is 0.636. The quantitative estimate of drug-likeness (QED) is 0.897. The largest absolute Gasteiger partial charge is 0.353 e. The summed E-state index contributed by atoms with van der Waals surface area (Å²) in [6.45, 7) is 0.831. The molecule has 2 aliphatic carbocycles. The maximum absolute atomic E-state index is 13.1. The van der Waals surface area contributed by atoms with Crippen molar-refractivity contribution in [2.24, 2.45) is 11.8 Å². The number of hydrogen-bond donors (Lipinski definition) is 1. The minimum absolute atomic E-state index is 0.0803. The molecular formula is C22H30N2O2. The lowest BCUT2D eigenvalue weighted by atomic mass is 9.80. The third-order valence-corrected chi connectivity index (χ3v) is 6.53. The van der Waals surface area contributed by atoms with Crippen molar-refractivity contribution in [3.8, 4) is 0 Å². The summed E-state index contributed by atoms with van der Waals surface area (Å²) in [6.07, 6.45) is 10.3. The third kappa shape index (κ3) is 3.65. The number of hydrogen-bond acceptors (Lipinski definition) is 2. The van der Waals surface area contributed by atoms with Crippen LogP contribution in [0, 0.1) is 11.8 Å². The molecule has 2 amide bonds. The molecule has 0 saturated heterocycles. The lowest BCUT2D eigenvalue weighted by Gasteiger charge is -2.35. The van der Waals surface area contributed by atoms with Crippen LogP contribution in [0.25, 0.3) is 0 Å². The van der Waals surface area contributed by atoms with Crippen molar-refractivity contribution in [1.82, 2.24) is 5.32 Å². The highest BCUT2D eigenvalue weighted by Crippen LogP contribution is 2.34. The smallest absolute Gasteiger partial charge is 0.230 e. The molecular weight excluding hydrogens is 324 g/mol. The van der Waals surface area contributed by atoms with Crippen LogP contribution in [0.4, 0.5) is 5.69 Å². The molecule has 0 unspecified atom stereocenters. The third-order valence-electron chi connectivity index (χ3n) is 6.53. The van der Waals surface area contributed by atoms with Gasteiger partial charge in [-0.05, 0) is 63.0 Å². The molecule has 0 spiro atoms. The Labute approximate surface area is 156 Å². The van der Waals surface area contributed by atoms with Crippen LogP contribution in [-0.4, -0.2) is 24.4 Å². The Morgan fingerprint density at radius 2 is 1.58 bits per heavy atom. The molecule has 0 bridgehead atoms. The van der Waals surface area contributed by atoms with E-state index in [9.17, 15) is 9.59 Å². The first-order valence-electron chi connectivity index (χ1n) is 10.4. The van der Waals surface area contributed by atoms with Crippen LogP contribution >= 0.6 is 0 Å². The van der Waals surface area contributed by atoms with E-state index in [4.69, 9.17) is 0 Å². The first kappa shape index (κ1) is 17.6. The summed E-state index contributed by atoms with van der Waals surface area (Å²) in [5.74, 6) is 0.683. The highest BCUT2D eigenvalue weighted by Gasteiger charge is 2.34. The molecule has 0 atom stereocenters. The van der Waals surface area contributed by atoms with E-state index in [1.54, 1.807) is 0 Å². The van der Waals surface area contributed by atoms with Crippen molar-refractivity contribution in [1.29, 1.82) is 0 Å². The topological polar surface area (TPSA) is 49.4 Å². The van der Waals surface area contributed by atoms with Gasteiger partial charge in [0.1, 0.15) is 0 Å². The number of aryl methyl sites for hydroxylation is 1. The molecule has 140 valence electrons. The van der Waals surface area contributed by atoms with Crippen molar-refractivity contribution < 1.29 is 9.59 Å². The lowest BCUT2D eigenvalue weighted by Crippen LogP contribution is -2.43. The minimum atomic E-state index is 0.0803. The monoisotopic (exact) mass is 354 g/mol. The zero-order valence-electron chi connectivity index (χ0n) is 15.6. The Kier molecular flexibility index (Phi) is 5.28. The van der Waals surface area contributed by atoms with Crippen molar-refractivity contribution in [3.63, 3.8) is 0 Å². The molecule has 1 aromatic rings. The molecule has 4 nitrogen and oxygen atoms in total. The van der Waals surface area contributed by atoms with Gasteiger partial charge >= 0.3 is 0 Å². The molecule has 2 fully saturated rings. The molecule has 1 heterocycles. The molecule has 3 aliphatic rings. The molecule has 1 N–H and O–H groups in total. The Morgan fingerprint density at radius 3 is 2.35 bits per heavy atom.